The van der Waals surface area contributed by atoms with Crippen LogP contribution in [0, 0.1) is 0 Å². The summed E-state index contributed by atoms with van der Waals surface area (Å²) < 4.78 is 10.8. The number of carbonyl (C=O) groups is 2. The Hall–Kier alpha value is -2.62. The fourth-order valence-corrected chi connectivity index (χ4v) is 3.07. The zero-order valence-electron chi connectivity index (χ0n) is 17.8. The van der Waals surface area contributed by atoms with Crippen LogP contribution in [0.15, 0.2) is 48.5 Å². The molecule has 2 rings (SSSR count). The third kappa shape index (κ3) is 7.72. The molecule has 0 aliphatic rings. The number of ether oxygens (including phenoxy) is 2. The minimum absolute atomic E-state index is 0.0676. The molecule has 0 amide bonds. The minimum atomic E-state index is -0.280. The lowest BCUT2D eigenvalue weighted by Crippen LogP contribution is -2.15. The fraction of sp³-hybridized carbons (Fsp3) is 0.440. The molecule has 29 heavy (non-hydrogen) atoms. The monoisotopic (exact) mass is 396 g/mol. The SMILES string of the molecule is CCCCCCC(C)OC(=O)c1ccc(-c2ccc(OC(=O)CCC)cc2)cc1. The summed E-state index contributed by atoms with van der Waals surface area (Å²) in [6.45, 7) is 6.08. The van der Waals surface area contributed by atoms with E-state index in [0.29, 0.717) is 17.7 Å². The van der Waals surface area contributed by atoms with Crippen LogP contribution in [0.5, 0.6) is 5.75 Å². The Kier molecular flexibility index (Phi) is 9.42. The Balaban J connectivity index is 1.90. The van der Waals surface area contributed by atoms with E-state index in [1.165, 1.54) is 19.3 Å². The number of hydrogen-bond acceptors (Lipinski definition) is 4. The van der Waals surface area contributed by atoms with Crippen LogP contribution in [0.4, 0.5) is 0 Å². The highest BCUT2D eigenvalue weighted by atomic mass is 16.5. The molecule has 2 aromatic rings. The van der Waals surface area contributed by atoms with Gasteiger partial charge in [0.1, 0.15) is 5.75 Å². The van der Waals surface area contributed by atoms with Crippen LogP contribution >= 0.6 is 0 Å². The quantitative estimate of drug-likeness (QED) is 0.245. The molecule has 0 radical (unpaired) electrons. The zero-order valence-corrected chi connectivity index (χ0v) is 17.8. The van der Waals surface area contributed by atoms with Crippen molar-refractivity contribution in [2.24, 2.45) is 0 Å². The van der Waals surface area contributed by atoms with Gasteiger partial charge >= 0.3 is 11.9 Å². The van der Waals surface area contributed by atoms with Crippen LogP contribution in [-0.4, -0.2) is 18.0 Å². The lowest BCUT2D eigenvalue weighted by atomic mass is 10.0. The van der Waals surface area contributed by atoms with Crippen LogP contribution in [0.3, 0.4) is 0 Å². The first kappa shape index (κ1) is 22.7. The van der Waals surface area contributed by atoms with Gasteiger partial charge in [0, 0.05) is 6.42 Å². The molecule has 0 saturated heterocycles. The zero-order chi connectivity index (χ0) is 21.1. The van der Waals surface area contributed by atoms with Gasteiger partial charge in [-0.15, -0.1) is 0 Å². The van der Waals surface area contributed by atoms with E-state index in [1.54, 1.807) is 24.3 Å². The first-order chi connectivity index (χ1) is 14.0. The fourth-order valence-electron chi connectivity index (χ4n) is 3.07. The second-order valence-electron chi connectivity index (χ2n) is 7.39. The topological polar surface area (TPSA) is 52.6 Å². The van der Waals surface area contributed by atoms with Crippen molar-refractivity contribution in [2.75, 3.05) is 0 Å². The smallest absolute Gasteiger partial charge is 0.338 e. The second kappa shape index (κ2) is 12.1. The number of hydrogen-bond donors (Lipinski definition) is 0. The Morgan fingerprint density at radius 2 is 1.45 bits per heavy atom. The maximum Gasteiger partial charge on any atom is 0.338 e. The molecule has 4 heteroatoms. The molecular weight excluding hydrogens is 364 g/mol. The molecule has 0 N–H and O–H groups in total. The lowest BCUT2D eigenvalue weighted by molar-refractivity contribution is -0.134. The van der Waals surface area contributed by atoms with E-state index >= 15 is 0 Å². The number of rotatable bonds is 11. The van der Waals surface area contributed by atoms with Crippen LogP contribution in [0.2, 0.25) is 0 Å². The molecule has 0 aliphatic heterocycles. The Morgan fingerprint density at radius 1 is 0.828 bits per heavy atom. The number of esters is 2. The summed E-state index contributed by atoms with van der Waals surface area (Å²) in [4.78, 5) is 23.9. The number of benzene rings is 2. The van der Waals surface area contributed by atoms with Crippen molar-refractivity contribution >= 4 is 11.9 Å². The highest BCUT2D eigenvalue weighted by molar-refractivity contribution is 5.90. The summed E-state index contributed by atoms with van der Waals surface area (Å²) >= 11 is 0. The highest BCUT2D eigenvalue weighted by Crippen LogP contribution is 2.23. The molecule has 0 aromatic heterocycles. The summed E-state index contributed by atoms with van der Waals surface area (Å²) in [6, 6.07) is 14.8. The van der Waals surface area contributed by atoms with Gasteiger partial charge in [0.05, 0.1) is 11.7 Å². The van der Waals surface area contributed by atoms with Gasteiger partial charge in [0.2, 0.25) is 0 Å². The van der Waals surface area contributed by atoms with Crippen molar-refractivity contribution in [3.05, 3.63) is 54.1 Å². The van der Waals surface area contributed by atoms with Gasteiger partial charge in [-0.25, -0.2) is 4.79 Å². The molecule has 0 saturated carbocycles. The van der Waals surface area contributed by atoms with Crippen LogP contribution < -0.4 is 4.74 Å². The average molecular weight is 397 g/mol. The average Bonchev–Trinajstić information content (AvgIpc) is 2.72. The first-order valence-electron chi connectivity index (χ1n) is 10.7. The Labute approximate surface area is 174 Å². The Morgan fingerprint density at radius 3 is 2.03 bits per heavy atom. The van der Waals surface area contributed by atoms with E-state index in [4.69, 9.17) is 9.47 Å². The number of carbonyl (C=O) groups excluding carboxylic acids is 2. The van der Waals surface area contributed by atoms with Gasteiger partial charge in [0.25, 0.3) is 0 Å². The van der Waals surface area contributed by atoms with E-state index < -0.39 is 0 Å². The summed E-state index contributed by atoms with van der Waals surface area (Å²) in [5.41, 5.74) is 2.53. The van der Waals surface area contributed by atoms with E-state index in [1.807, 2.05) is 38.1 Å². The molecule has 4 nitrogen and oxygen atoms in total. The minimum Gasteiger partial charge on any atom is -0.459 e. The third-order valence-corrected chi connectivity index (χ3v) is 4.77. The summed E-state index contributed by atoms with van der Waals surface area (Å²) in [5.74, 6) is 0.0424. The molecule has 0 aliphatic carbocycles. The molecular formula is C25H32O4. The summed E-state index contributed by atoms with van der Waals surface area (Å²) in [7, 11) is 0. The molecule has 0 fully saturated rings. The molecule has 0 bridgehead atoms. The van der Waals surface area contributed by atoms with Gasteiger partial charge in [-0.05, 0) is 61.6 Å². The van der Waals surface area contributed by atoms with Crippen molar-refractivity contribution in [2.45, 2.75) is 71.8 Å². The van der Waals surface area contributed by atoms with Crippen molar-refractivity contribution in [3.8, 4) is 16.9 Å². The first-order valence-corrected chi connectivity index (χ1v) is 10.7. The van der Waals surface area contributed by atoms with Crippen molar-refractivity contribution in [3.63, 3.8) is 0 Å². The van der Waals surface area contributed by atoms with Crippen molar-refractivity contribution in [1.29, 1.82) is 0 Å². The molecule has 1 unspecified atom stereocenters. The summed E-state index contributed by atoms with van der Waals surface area (Å²) in [5, 5.41) is 0. The maximum atomic E-state index is 12.3. The van der Waals surface area contributed by atoms with Crippen molar-refractivity contribution < 1.29 is 19.1 Å². The van der Waals surface area contributed by atoms with Gasteiger partial charge in [-0.1, -0.05) is 57.4 Å². The summed E-state index contributed by atoms with van der Waals surface area (Å²) in [6.07, 6.45) is 6.72. The van der Waals surface area contributed by atoms with Gasteiger partial charge in [-0.3, -0.25) is 4.79 Å². The predicted molar refractivity (Wildman–Crippen MR) is 116 cm³/mol. The van der Waals surface area contributed by atoms with Gasteiger partial charge in [0.15, 0.2) is 0 Å². The van der Waals surface area contributed by atoms with Crippen LogP contribution in [-0.2, 0) is 9.53 Å². The van der Waals surface area contributed by atoms with E-state index in [2.05, 4.69) is 6.92 Å². The second-order valence-corrected chi connectivity index (χ2v) is 7.39. The predicted octanol–water partition coefficient (Wildman–Crippen LogP) is 6.57. The highest BCUT2D eigenvalue weighted by Gasteiger charge is 2.12. The molecule has 0 spiro atoms. The molecule has 0 heterocycles. The maximum absolute atomic E-state index is 12.3. The van der Waals surface area contributed by atoms with E-state index in [9.17, 15) is 9.59 Å². The van der Waals surface area contributed by atoms with Gasteiger partial charge in [-0.2, -0.15) is 0 Å². The van der Waals surface area contributed by atoms with E-state index in [0.717, 1.165) is 30.4 Å². The van der Waals surface area contributed by atoms with Crippen LogP contribution in [0.25, 0.3) is 11.1 Å². The Bertz CT molecular complexity index is 762. The van der Waals surface area contributed by atoms with E-state index in [-0.39, 0.29) is 18.0 Å². The van der Waals surface area contributed by atoms with Crippen LogP contribution in [0.1, 0.15) is 76.1 Å². The molecule has 1 atom stereocenters. The van der Waals surface area contributed by atoms with Gasteiger partial charge < -0.3 is 9.47 Å². The number of unbranched alkanes of at least 4 members (excludes halogenated alkanes) is 3. The van der Waals surface area contributed by atoms with Crippen molar-refractivity contribution in [1.82, 2.24) is 0 Å². The largest absolute Gasteiger partial charge is 0.459 e. The third-order valence-electron chi connectivity index (χ3n) is 4.77. The normalized spacial score (nSPS) is 11.7. The standard InChI is InChI=1S/C25H32O4/c1-4-6-7-8-10-19(3)28-25(27)22-13-11-20(12-14-22)21-15-17-23(18-16-21)29-24(26)9-5-2/h11-19H,4-10H2,1-3H3. The molecule has 2 aromatic carbocycles. The molecule has 156 valence electrons. The lowest BCUT2D eigenvalue weighted by Gasteiger charge is -2.13.